The molecule has 0 aromatic heterocycles. The lowest BCUT2D eigenvalue weighted by Crippen LogP contribution is -2.57. The number of rotatable bonds is 6. The summed E-state index contributed by atoms with van der Waals surface area (Å²) in [7, 11) is 0. The summed E-state index contributed by atoms with van der Waals surface area (Å²) < 4.78 is 0. The highest BCUT2D eigenvalue weighted by molar-refractivity contribution is 6.36. The number of carbonyl (C=O) groups excluding carboxylic acids is 4. The van der Waals surface area contributed by atoms with Crippen LogP contribution < -0.4 is 16.4 Å². The summed E-state index contributed by atoms with van der Waals surface area (Å²) in [5.41, 5.74) is 5.59. The minimum Gasteiger partial charge on any atom is -0.398 e. The number of nitrogens with two attached hydrogens (primary N) is 1. The molecule has 4 N–H and O–H groups in total. The Bertz CT molecular complexity index is 806. The van der Waals surface area contributed by atoms with Gasteiger partial charge in [0, 0.05) is 6.54 Å². The summed E-state index contributed by atoms with van der Waals surface area (Å²) in [4.78, 5) is 50.4. The van der Waals surface area contributed by atoms with Crippen LogP contribution >= 0.6 is 11.6 Å². The van der Waals surface area contributed by atoms with Gasteiger partial charge in [0.15, 0.2) is 0 Å². The van der Waals surface area contributed by atoms with Gasteiger partial charge in [-0.3, -0.25) is 14.4 Å². The van der Waals surface area contributed by atoms with E-state index in [1.807, 2.05) is 20.8 Å². The molecular weight excluding hydrogens is 396 g/mol. The number of anilines is 1. The number of halogens is 1. The van der Waals surface area contributed by atoms with Crippen molar-refractivity contribution in [2.24, 2.45) is 5.41 Å². The third-order valence-electron chi connectivity index (χ3n) is 4.86. The Morgan fingerprint density at radius 1 is 1.34 bits per heavy atom. The van der Waals surface area contributed by atoms with Crippen molar-refractivity contribution in [3.05, 3.63) is 28.8 Å². The minimum atomic E-state index is -0.882. The van der Waals surface area contributed by atoms with Crippen LogP contribution in [0.15, 0.2) is 18.2 Å². The zero-order valence-electron chi connectivity index (χ0n) is 16.8. The van der Waals surface area contributed by atoms with Gasteiger partial charge in [0.05, 0.1) is 22.8 Å². The normalized spacial score (nSPS) is 17.5. The molecule has 158 valence electrons. The van der Waals surface area contributed by atoms with Crippen molar-refractivity contribution >= 4 is 41.3 Å². The zero-order chi connectivity index (χ0) is 21.8. The predicted molar refractivity (Wildman–Crippen MR) is 110 cm³/mol. The second-order valence-electron chi connectivity index (χ2n) is 8.08. The number of nitrogens with zero attached hydrogens (tertiary/aromatic N) is 1. The van der Waals surface area contributed by atoms with Crippen LogP contribution in [0, 0.1) is 5.41 Å². The van der Waals surface area contributed by atoms with Crippen LogP contribution in [0.1, 0.15) is 44.0 Å². The molecule has 1 fully saturated rings. The maximum absolute atomic E-state index is 13.3. The second kappa shape index (κ2) is 9.26. The van der Waals surface area contributed by atoms with E-state index in [0.717, 1.165) is 0 Å². The Morgan fingerprint density at radius 2 is 2.03 bits per heavy atom. The predicted octanol–water partition coefficient (Wildman–Crippen LogP) is 1.37. The summed E-state index contributed by atoms with van der Waals surface area (Å²) in [5.74, 6) is -1.24. The smallest absolute Gasteiger partial charge is 0.253 e. The fraction of sp³-hybridized carbons (Fsp3) is 0.500. The quantitative estimate of drug-likeness (QED) is 0.472. The Kier molecular flexibility index (Phi) is 7.24. The molecule has 0 saturated carbocycles. The highest BCUT2D eigenvalue weighted by Crippen LogP contribution is 2.28. The van der Waals surface area contributed by atoms with E-state index in [9.17, 15) is 19.2 Å². The molecule has 0 radical (unpaired) electrons. The molecule has 1 aromatic carbocycles. The summed E-state index contributed by atoms with van der Waals surface area (Å²) in [6, 6.07) is 3.17. The first-order valence-electron chi connectivity index (χ1n) is 9.44. The van der Waals surface area contributed by atoms with Gasteiger partial charge in [0.2, 0.25) is 11.8 Å². The SMILES string of the molecule is CC(C)(C)[C@H](NC(=O)c1cccc(N)c1Cl)C(=O)N1CCC[C@H]1C(=O)NCC=O. The maximum atomic E-state index is 13.3. The van der Waals surface area contributed by atoms with Gasteiger partial charge in [-0.05, 0) is 30.4 Å². The van der Waals surface area contributed by atoms with Gasteiger partial charge in [0.25, 0.3) is 5.91 Å². The van der Waals surface area contributed by atoms with Crippen LogP contribution in [0.3, 0.4) is 0 Å². The molecule has 3 amide bonds. The van der Waals surface area contributed by atoms with Crippen LogP contribution in [0.2, 0.25) is 5.02 Å². The first-order valence-corrected chi connectivity index (χ1v) is 9.82. The molecule has 9 heteroatoms. The van der Waals surface area contributed by atoms with E-state index in [-0.39, 0.29) is 34.6 Å². The Balaban J connectivity index is 2.24. The molecule has 0 spiro atoms. The Labute approximate surface area is 175 Å². The molecule has 2 atom stereocenters. The highest BCUT2D eigenvalue weighted by atomic mass is 35.5. The number of nitrogens with one attached hydrogen (secondary N) is 2. The van der Waals surface area contributed by atoms with Crippen LogP contribution in [0.25, 0.3) is 0 Å². The lowest BCUT2D eigenvalue weighted by Gasteiger charge is -2.35. The third kappa shape index (κ3) is 5.26. The van der Waals surface area contributed by atoms with Crippen molar-refractivity contribution < 1.29 is 19.2 Å². The fourth-order valence-electron chi connectivity index (χ4n) is 3.31. The van der Waals surface area contributed by atoms with E-state index >= 15 is 0 Å². The third-order valence-corrected chi connectivity index (χ3v) is 5.28. The Hall–Kier alpha value is -2.61. The van der Waals surface area contributed by atoms with Crippen LogP contribution in [0.4, 0.5) is 5.69 Å². The minimum absolute atomic E-state index is 0.106. The average Bonchev–Trinajstić information content (AvgIpc) is 3.14. The molecule has 1 saturated heterocycles. The molecule has 0 aliphatic carbocycles. The maximum Gasteiger partial charge on any atom is 0.253 e. The van der Waals surface area contributed by atoms with Gasteiger partial charge in [-0.15, -0.1) is 0 Å². The molecule has 0 unspecified atom stereocenters. The topological polar surface area (TPSA) is 122 Å². The summed E-state index contributed by atoms with van der Waals surface area (Å²) >= 11 is 6.14. The number of nitrogen functional groups attached to an aromatic ring is 1. The lowest BCUT2D eigenvalue weighted by atomic mass is 9.85. The van der Waals surface area contributed by atoms with Crippen molar-refractivity contribution in [2.75, 3.05) is 18.8 Å². The Morgan fingerprint density at radius 3 is 2.66 bits per heavy atom. The number of likely N-dealkylation sites (tertiary alicyclic amines) is 1. The molecule has 1 aromatic rings. The van der Waals surface area contributed by atoms with Crippen LogP contribution in [0.5, 0.6) is 0 Å². The molecular formula is C20H27ClN4O4. The van der Waals surface area contributed by atoms with Gasteiger partial charge in [-0.1, -0.05) is 38.4 Å². The molecule has 1 heterocycles. The van der Waals surface area contributed by atoms with Gasteiger partial charge >= 0.3 is 0 Å². The van der Waals surface area contributed by atoms with Crippen LogP contribution in [-0.2, 0) is 14.4 Å². The van der Waals surface area contributed by atoms with Gasteiger partial charge in [-0.25, -0.2) is 0 Å². The van der Waals surface area contributed by atoms with Crippen molar-refractivity contribution in [1.82, 2.24) is 15.5 Å². The van der Waals surface area contributed by atoms with Crippen molar-refractivity contribution in [3.8, 4) is 0 Å². The largest absolute Gasteiger partial charge is 0.398 e. The zero-order valence-corrected chi connectivity index (χ0v) is 17.6. The van der Waals surface area contributed by atoms with Gasteiger partial charge in [-0.2, -0.15) is 0 Å². The van der Waals surface area contributed by atoms with Gasteiger partial charge in [0.1, 0.15) is 18.4 Å². The highest BCUT2D eigenvalue weighted by Gasteiger charge is 2.42. The number of amides is 3. The van der Waals surface area contributed by atoms with Crippen molar-refractivity contribution in [1.29, 1.82) is 0 Å². The number of aldehydes is 1. The molecule has 1 aliphatic rings. The van der Waals surface area contributed by atoms with E-state index in [2.05, 4.69) is 10.6 Å². The van der Waals surface area contributed by atoms with Gasteiger partial charge < -0.3 is 26.1 Å². The summed E-state index contributed by atoms with van der Waals surface area (Å²) in [5, 5.41) is 5.38. The fourth-order valence-corrected chi connectivity index (χ4v) is 3.52. The van der Waals surface area contributed by atoms with Crippen LogP contribution in [-0.4, -0.2) is 54.1 Å². The van der Waals surface area contributed by atoms with E-state index in [1.165, 1.54) is 11.0 Å². The molecule has 8 nitrogen and oxygen atoms in total. The molecule has 0 bridgehead atoms. The van der Waals surface area contributed by atoms with E-state index < -0.39 is 23.4 Å². The van der Waals surface area contributed by atoms with E-state index in [4.69, 9.17) is 17.3 Å². The number of hydrogen-bond donors (Lipinski definition) is 3. The summed E-state index contributed by atoms with van der Waals surface area (Å²) in [6.45, 7) is 5.78. The number of benzene rings is 1. The molecule has 1 aliphatic heterocycles. The second-order valence-corrected chi connectivity index (χ2v) is 8.46. The average molecular weight is 423 g/mol. The van der Waals surface area contributed by atoms with E-state index in [1.54, 1.807) is 12.1 Å². The number of carbonyl (C=O) groups is 4. The number of hydrogen-bond acceptors (Lipinski definition) is 5. The molecule has 29 heavy (non-hydrogen) atoms. The van der Waals surface area contributed by atoms with Crippen molar-refractivity contribution in [3.63, 3.8) is 0 Å². The summed E-state index contributed by atoms with van der Waals surface area (Å²) in [6.07, 6.45) is 1.76. The molecule has 2 rings (SSSR count). The lowest BCUT2D eigenvalue weighted by molar-refractivity contribution is -0.141. The van der Waals surface area contributed by atoms with E-state index in [0.29, 0.717) is 25.7 Å². The first kappa shape index (κ1) is 22.7. The van der Waals surface area contributed by atoms with Crippen molar-refractivity contribution in [2.45, 2.75) is 45.7 Å². The standard InChI is InChI=1S/C20H27ClN4O4/c1-20(2,3)16(24-17(27)12-6-4-7-13(22)15(12)21)19(29)25-10-5-8-14(25)18(28)23-9-11-26/h4,6-7,11,14,16H,5,8-10,22H2,1-3H3,(H,23,28)(H,24,27)/t14-,16+/m0/s1. The first-order chi connectivity index (χ1) is 13.6. The monoisotopic (exact) mass is 422 g/mol.